The summed E-state index contributed by atoms with van der Waals surface area (Å²) in [6.45, 7) is 4.23. The maximum absolute atomic E-state index is 6.28. The standard InChI is InChI=1S/C16H20N2/c1-3-14-5-4-10-18-16(14)15(17)11-13-8-6-12(2)7-9-13/h4-10,15H,3,11,17H2,1-2H3. The van der Waals surface area contributed by atoms with E-state index >= 15 is 0 Å². The van der Waals surface area contributed by atoms with Crippen molar-refractivity contribution in [3.8, 4) is 0 Å². The van der Waals surface area contributed by atoms with Gasteiger partial charge in [0.2, 0.25) is 0 Å². The van der Waals surface area contributed by atoms with Gasteiger partial charge in [0, 0.05) is 6.20 Å². The average Bonchev–Trinajstić information content (AvgIpc) is 2.41. The van der Waals surface area contributed by atoms with Gasteiger partial charge in [-0.25, -0.2) is 0 Å². The van der Waals surface area contributed by atoms with Gasteiger partial charge >= 0.3 is 0 Å². The molecule has 0 spiro atoms. The van der Waals surface area contributed by atoms with E-state index < -0.39 is 0 Å². The Hall–Kier alpha value is -1.67. The number of aryl methyl sites for hydroxylation is 2. The Labute approximate surface area is 109 Å². The summed E-state index contributed by atoms with van der Waals surface area (Å²) in [7, 11) is 0. The highest BCUT2D eigenvalue weighted by atomic mass is 14.8. The highest BCUT2D eigenvalue weighted by molar-refractivity contribution is 5.27. The van der Waals surface area contributed by atoms with Crippen LogP contribution in [0.2, 0.25) is 0 Å². The van der Waals surface area contributed by atoms with E-state index in [4.69, 9.17) is 5.73 Å². The topological polar surface area (TPSA) is 38.9 Å². The molecule has 2 aromatic rings. The molecule has 2 rings (SSSR count). The third-order valence-electron chi connectivity index (χ3n) is 3.23. The van der Waals surface area contributed by atoms with Gasteiger partial charge < -0.3 is 5.73 Å². The molecule has 1 aromatic heterocycles. The van der Waals surface area contributed by atoms with Gasteiger partial charge in [-0.3, -0.25) is 4.98 Å². The first kappa shape index (κ1) is 12.8. The van der Waals surface area contributed by atoms with E-state index in [0.717, 1.165) is 18.5 Å². The molecule has 0 amide bonds. The van der Waals surface area contributed by atoms with Crippen LogP contribution in [0.1, 0.15) is 35.3 Å². The Balaban J connectivity index is 2.16. The smallest absolute Gasteiger partial charge is 0.0606 e. The van der Waals surface area contributed by atoms with Gasteiger partial charge in [-0.1, -0.05) is 42.8 Å². The van der Waals surface area contributed by atoms with Gasteiger partial charge in [-0.2, -0.15) is 0 Å². The van der Waals surface area contributed by atoms with Crippen molar-refractivity contribution < 1.29 is 0 Å². The molecule has 1 heterocycles. The maximum Gasteiger partial charge on any atom is 0.0606 e. The number of nitrogens with two attached hydrogens (primary N) is 1. The fourth-order valence-corrected chi connectivity index (χ4v) is 2.16. The van der Waals surface area contributed by atoms with E-state index in [1.165, 1.54) is 16.7 Å². The molecule has 94 valence electrons. The molecule has 0 radical (unpaired) electrons. The summed E-state index contributed by atoms with van der Waals surface area (Å²) in [6.07, 6.45) is 3.64. The lowest BCUT2D eigenvalue weighted by atomic mass is 9.98. The molecule has 0 bridgehead atoms. The van der Waals surface area contributed by atoms with Crippen molar-refractivity contribution in [2.24, 2.45) is 5.73 Å². The second-order valence-corrected chi connectivity index (χ2v) is 4.70. The van der Waals surface area contributed by atoms with E-state index in [-0.39, 0.29) is 6.04 Å². The molecule has 0 fully saturated rings. The van der Waals surface area contributed by atoms with Crippen molar-refractivity contribution in [3.05, 3.63) is 65.0 Å². The van der Waals surface area contributed by atoms with Gasteiger partial charge in [-0.15, -0.1) is 0 Å². The molecule has 2 nitrogen and oxygen atoms in total. The van der Waals surface area contributed by atoms with E-state index in [1.54, 1.807) is 0 Å². The van der Waals surface area contributed by atoms with Crippen molar-refractivity contribution in [2.45, 2.75) is 32.7 Å². The molecule has 2 heteroatoms. The highest BCUT2D eigenvalue weighted by Crippen LogP contribution is 2.18. The zero-order valence-corrected chi connectivity index (χ0v) is 11.1. The third-order valence-corrected chi connectivity index (χ3v) is 3.23. The Kier molecular flexibility index (Phi) is 4.11. The van der Waals surface area contributed by atoms with Crippen LogP contribution in [0.15, 0.2) is 42.6 Å². The first-order valence-electron chi connectivity index (χ1n) is 6.45. The van der Waals surface area contributed by atoms with Crippen molar-refractivity contribution in [1.29, 1.82) is 0 Å². The summed E-state index contributed by atoms with van der Waals surface area (Å²) in [6, 6.07) is 12.6. The lowest BCUT2D eigenvalue weighted by molar-refractivity contribution is 0.685. The molecule has 0 saturated heterocycles. The number of hydrogen-bond acceptors (Lipinski definition) is 2. The monoisotopic (exact) mass is 240 g/mol. The first-order chi connectivity index (χ1) is 8.70. The van der Waals surface area contributed by atoms with Crippen LogP contribution in [0.3, 0.4) is 0 Å². The SMILES string of the molecule is CCc1cccnc1C(N)Cc1ccc(C)cc1. The second-order valence-electron chi connectivity index (χ2n) is 4.70. The number of hydrogen-bond donors (Lipinski definition) is 1. The Morgan fingerprint density at radius 1 is 1.17 bits per heavy atom. The molecule has 1 unspecified atom stereocenters. The summed E-state index contributed by atoms with van der Waals surface area (Å²) in [5.41, 5.74) is 11.1. The summed E-state index contributed by atoms with van der Waals surface area (Å²) < 4.78 is 0. The summed E-state index contributed by atoms with van der Waals surface area (Å²) in [5, 5.41) is 0. The van der Waals surface area contributed by atoms with E-state index in [0.29, 0.717) is 0 Å². The predicted octanol–water partition coefficient (Wildman–Crippen LogP) is 3.19. The number of rotatable bonds is 4. The minimum absolute atomic E-state index is 0.0242. The molecule has 0 aliphatic rings. The normalized spacial score (nSPS) is 12.4. The van der Waals surface area contributed by atoms with Crippen molar-refractivity contribution in [1.82, 2.24) is 4.98 Å². The molecular formula is C16H20N2. The Morgan fingerprint density at radius 3 is 2.56 bits per heavy atom. The van der Waals surface area contributed by atoms with Crippen LogP contribution in [0.5, 0.6) is 0 Å². The van der Waals surface area contributed by atoms with Crippen LogP contribution >= 0.6 is 0 Å². The maximum atomic E-state index is 6.28. The fourth-order valence-electron chi connectivity index (χ4n) is 2.16. The quantitative estimate of drug-likeness (QED) is 0.891. The van der Waals surface area contributed by atoms with Gasteiger partial charge in [0.05, 0.1) is 11.7 Å². The minimum Gasteiger partial charge on any atom is -0.322 e. The van der Waals surface area contributed by atoms with Gasteiger partial charge in [0.1, 0.15) is 0 Å². The summed E-state index contributed by atoms with van der Waals surface area (Å²) >= 11 is 0. The first-order valence-corrected chi connectivity index (χ1v) is 6.45. The molecule has 0 aliphatic carbocycles. The van der Waals surface area contributed by atoms with Crippen molar-refractivity contribution in [2.75, 3.05) is 0 Å². The molecule has 2 N–H and O–H groups in total. The lowest BCUT2D eigenvalue weighted by Crippen LogP contribution is -2.17. The van der Waals surface area contributed by atoms with Crippen LogP contribution in [0, 0.1) is 6.92 Å². The zero-order valence-electron chi connectivity index (χ0n) is 11.1. The number of aromatic nitrogens is 1. The highest BCUT2D eigenvalue weighted by Gasteiger charge is 2.11. The van der Waals surface area contributed by atoms with Crippen molar-refractivity contribution >= 4 is 0 Å². The van der Waals surface area contributed by atoms with Crippen LogP contribution in [0.25, 0.3) is 0 Å². The molecule has 1 atom stereocenters. The average molecular weight is 240 g/mol. The number of nitrogens with zero attached hydrogens (tertiary/aromatic N) is 1. The zero-order chi connectivity index (χ0) is 13.0. The van der Waals surface area contributed by atoms with E-state index in [2.05, 4.69) is 49.2 Å². The van der Waals surface area contributed by atoms with Crippen LogP contribution in [-0.2, 0) is 12.8 Å². The van der Waals surface area contributed by atoms with Gasteiger partial charge in [-0.05, 0) is 37.0 Å². The van der Waals surface area contributed by atoms with Crippen LogP contribution in [-0.4, -0.2) is 4.98 Å². The largest absolute Gasteiger partial charge is 0.322 e. The minimum atomic E-state index is -0.0242. The Bertz CT molecular complexity index is 503. The van der Waals surface area contributed by atoms with E-state index in [1.807, 2.05) is 12.3 Å². The second kappa shape index (κ2) is 5.78. The third kappa shape index (κ3) is 2.96. The molecule has 1 aromatic carbocycles. The van der Waals surface area contributed by atoms with Crippen LogP contribution < -0.4 is 5.73 Å². The molecule has 18 heavy (non-hydrogen) atoms. The molecule has 0 aliphatic heterocycles. The van der Waals surface area contributed by atoms with Gasteiger partial charge in [0.25, 0.3) is 0 Å². The Morgan fingerprint density at radius 2 is 1.89 bits per heavy atom. The van der Waals surface area contributed by atoms with Gasteiger partial charge in [0.15, 0.2) is 0 Å². The fraction of sp³-hybridized carbons (Fsp3) is 0.312. The van der Waals surface area contributed by atoms with Crippen LogP contribution in [0.4, 0.5) is 0 Å². The summed E-state index contributed by atoms with van der Waals surface area (Å²) in [4.78, 5) is 4.44. The molecule has 0 saturated carbocycles. The predicted molar refractivity (Wildman–Crippen MR) is 75.4 cm³/mol. The van der Waals surface area contributed by atoms with E-state index in [9.17, 15) is 0 Å². The number of benzene rings is 1. The van der Waals surface area contributed by atoms with Crippen molar-refractivity contribution in [3.63, 3.8) is 0 Å². The lowest BCUT2D eigenvalue weighted by Gasteiger charge is -2.14. The number of pyridine rings is 1. The molecular weight excluding hydrogens is 220 g/mol. The summed E-state index contributed by atoms with van der Waals surface area (Å²) in [5.74, 6) is 0.